The zero-order valence-electron chi connectivity index (χ0n) is 7.17. The number of carboxylic acid groups (broad SMARTS) is 1. The van der Waals surface area contributed by atoms with E-state index in [4.69, 9.17) is 5.11 Å². The van der Waals surface area contributed by atoms with Crippen molar-refractivity contribution in [3.05, 3.63) is 0 Å². The first-order valence-electron chi connectivity index (χ1n) is 4.33. The Labute approximate surface area is 75.1 Å². The van der Waals surface area contributed by atoms with E-state index in [0.717, 1.165) is 0 Å². The molecule has 76 valence electrons. The number of rotatable bonds is 3. The summed E-state index contributed by atoms with van der Waals surface area (Å²) >= 11 is 0. The highest BCUT2D eigenvalue weighted by molar-refractivity contribution is 5.67. The highest BCUT2D eigenvalue weighted by Crippen LogP contribution is 2.20. The molecular formula is C8H13F2NO2. The van der Waals surface area contributed by atoms with E-state index in [1.54, 1.807) is 0 Å². The topological polar surface area (TPSA) is 49.3 Å². The summed E-state index contributed by atoms with van der Waals surface area (Å²) in [4.78, 5) is 10.3. The van der Waals surface area contributed by atoms with Crippen LogP contribution < -0.4 is 5.32 Å². The Hall–Kier alpha value is -0.710. The van der Waals surface area contributed by atoms with Crippen molar-refractivity contribution in [2.45, 2.75) is 31.7 Å². The van der Waals surface area contributed by atoms with Gasteiger partial charge in [-0.2, -0.15) is 0 Å². The summed E-state index contributed by atoms with van der Waals surface area (Å²) in [5, 5.41) is 11.1. The van der Waals surface area contributed by atoms with E-state index in [2.05, 4.69) is 5.32 Å². The Morgan fingerprint density at radius 2 is 2.23 bits per heavy atom. The SMILES string of the molecule is O=C(O)CC1CCC(C(F)F)NC1. The predicted molar refractivity (Wildman–Crippen MR) is 42.8 cm³/mol. The van der Waals surface area contributed by atoms with Gasteiger partial charge >= 0.3 is 5.97 Å². The average molecular weight is 193 g/mol. The molecule has 1 aliphatic heterocycles. The molecule has 0 radical (unpaired) electrons. The van der Waals surface area contributed by atoms with Gasteiger partial charge in [-0.3, -0.25) is 4.79 Å². The monoisotopic (exact) mass is 193 g/mol. The van der Waals surface area contributed by atoms with Crippen molar-refractivity contribution in [1.82, 2.24) is 5.32 Å². The van der Waals surface area contributed by atoms with Gasteiger partial charge in [-0.05, 0) is 25.3 Å². The minimum atomic E-state index is -2.34. The maximum Gasteiger partial charge on any atom is 0.303 e. The van der Waals surface area contributed by atoms with Crippen LogP contribution in [0.25, 0.3) is 0 Å². The van der Waals surface area contributed by atoms with Gasteiger partial charge in [-0.15, -0.1) is 0 Å². The molecule has 0 bridgehead atoms. The largest absolute Gasteiger partial charge is 0.481 e. The molecule has 3 nitrogen and oxygen atoms in total. The van der Waals surface area contributed by atoms with Crippen LogP contribution in [0.4, 0.5) is 8.78 Å². The second-order valence-corrected chi connectivity index (χ2v) is 3.39. The van der Waals surface area contributed by atoms with Crippen molar-refractivity contribution in [2.24, 2.45) is 5.92 Å². The van der Waals surface area contributed by atoms with E-state index in [1.807, 2.05) is 0 Å². The number of alkyl halides is 2. The number of hydrogen-bond acceptors (Lipinski definition) is 2. The third-order valence-corrected chi connectivity index (χ3v) is 2.32. The van der Waals surface area contributed by atoms with Gasteiger partial charge in [-0.1, -0.05) is 0 Å². The van der Waals surface area contributed by atoms with Gasteiger partial charge in [-0.25, -0.2) is 8.78 Å². The first-order valence-corrected chi connectivity index (χ1v) is 4.33. The third kappa shape index (κ3) is 3.26. The van der Waals surface area contributed by atoms with Gasteiger partial charge in [0.25, 0.3) is 6.43 Å². The number of hydrogen-bond donors (Lipinski definition) is 2. The number of nitrogens with one attached hydrogen (secondary N) is 1. The summed E-state index contributed by atoms with van der Waals surface area (Å²) in [5.74, 6) is -0.852. The summed E-state index contributed by atoms with van der Waals surface area (Å²) in [6.45, 7) is 0.390. The minimum absolute atomic E-state index is 0.00694. The molecule has 1 saturated heterocycles. The van der Waals surface area contributed by atoms with Gasteiger partial charge in [0, 0.05) is 6.42 Å². The smallest absolute Gasteiger partial charge is 0.303 e. The van der Waals surface area contributed by atoms with Crippen LogP contribution in [0.3, 0.4) is 0 Å². The molecule has 0 spiro atoms. The number of piperidine rings is 1. The van der Waals surface area contributed by atoms with Gasteiger partial charge in [0.15, 0.2) is 0 Å². The second kappa shape index (κ2) is 4.50. The van der Waals surface area contributed by atoms with Crippen LogP contribution in [0.15, 0.2) is 0 Å². The first kappa shape index (κ1) is 10.4. The molecule has 0 amide bonds. The normalized spacial score (nSPS) is 29.2. The van der Waals surface area contributed by atoms with E-state index in [1.165, 1.54) is 0 Å². The molecular weight excluding hydrogens is 180 g/mol. The Kier molecular flexibility index (Phi) is 3.59. The number of carbonyl (C=O) groups is 1. The molecule has 0 aromatic heterocycles. The molecule has 2 N–H and O–H groups in total. The minimum Gasteiger partial charge on any atom is -0.481 e. The quantitative estimate of drug-likeness (QED) is 0.705. The maximum atomic E-state index is 12.1. The average Bonchev–Trinajstić information content (AvgIpc) is 2.04. The van der Waals surface area contributed by atoms with Crippen molar-refractivity contribution < 1.29 is 18.7 Å². The molecule has 0 aliphatic carbocycles. The van der Waals surface area contributed by atoms with Crippen LogP contribution >= 0.6 is 0 Å². The fourth-order valence-electron chi connectivity index (χ4n) is 1.57. The van der Waals surface area contributed by atoms with E-state index in [9.17, 15) is 13.6 Å². The lowest BCUT2D eigenvalue weighted by atomic mass is 9.92. The first-order chi connectivity index (χ1) is 6.09. The summed E-state index contributed by atoms with van der Waals surface area (Å²) in [5.41, 5.74) is 0. The van der Waals surface area contributed by atoms with E-state index in [-0.39, 0.29) is 12.3 Å². The molecule has 1 fully saturated rings. The van der Waals surface area contributed by atoms with E-state index < -0.39 is 18.4 Å². The molecule has 1 heterocycles. The van der Waals surface area contributed by atoms with Crippen molar-refractivity contribution in [1.29, 1.82) is 0 Å². The summed E-state index contributed by atoms with van der Waals surface area (Å²) in [6.07, 6.45) is -1.32. The molecule has 1 aliphatic rings. The van der Waals surface area contributed by atoms with Crippen LogP contribution in [-0.4, -0.2) is 30.1 Å². The van der Waals surface area contributed by atoms with E-state index in [0.29, 0.717) is 19.4 Å². The van der Waals surface area contributed by atoms with Crippen molar-refractivity contribution in [3.8, 4) is 0 Å². The lowest BCUT2D eigenvalue weighted by Crippen LogP contribution is -2.43. The summed E-state index contributed by atoms with van der Waals surface area (Å²) in [7, 11) is 0. The number of carboxylic acids is 1. The fraction of sp³-hybridized carbons (Fsp3) is 0.875. The molecule has 13 heavy (non-hydrogen) atoms. The standard InChI is InChI=1S/C8H13F2NO2/c9-8(10)6-2-1-5(4-11-6)3-7(12)13/h5-6,8,11H,1-4H2,(H,12,13). The molecule has 0 saturated carbocycles. The van der Waals surface area contributed by atoms with Gasteiger partial charge in [0.05, 0.1) is 6.04 Å². The van der Waals surface area contributed by atoms with Crippen LogP contribution in [0.1, 0.15) is 19.3 Å². The highest BCUT2D eigenvalue weighted by atomic mass is 19.3. The number of halogens is 2. The highest BCUT2D eigenvalue weighted by Gasteiger charge is 2.27. The Morgan fingerprint density at radius 3 is 2.62 bits per heavy atom. The van der Waals surface area contributed by atoms with Gasteiger partial charge in [0.1, 0.15) is 0 Å². The van der Waals surface area contributed by atoms with Crippen LogP contribution in [-0.2, 0) is 4.79 Å². The van der Waals surface area contributed by atoms with Crippen LogP contribution in [0.2, 0.25) is 0 Å². The molecule has 0 aromatic rings. The van der Waals surface area contributed by atoms with Gasteiger partial charge < -0.3 is 10.4 Å². The number of aliphatic carboxylic acids is 1. The van der Waals surface area contributed by atoms with Crippen LogP contribution in [0, 0.1) is 5.92 Å². The van der Waals surface area contributed by atoms with E-state index >= 15 is 0 Å². The Bertz CT molecular complexity index is 179. The summed E-state index contributed by atoms with van der Waals surface area (Å²) < 4.78 is 24.3. The lowest BCUT2D eigenvalue weighted by molar-refractivity contribution is -0.138. The third-order valence-electron chi connectivity index (χ3n) is 2.32. The fourth-order valence-corrected chi connectivity index (χ4v) is 1.57. The molecule has 2 unspecified atom stereocenters. The maximum absolute atomic E-state index is 12.1. The van der Waals surface area contributed by atoms with Crippen molar-refractivity contribution in [3.63, 3.8) is 0 Å². The van der Waals surface area contributed by atoms with Crippen LogP contribution in [0.5, 0.6) is 0 Å². The Morgan fingerprint density at radius 1 is 1.54 bits per heavy atom. The second-order valence-electron chi connectivity index (χ2n) is 3.39. The van der Waals surface area contributed by atoms with Gasteiger partial charge in [0.2, 0.25) is 0 Å². The van der Waals surface area contributed by atoms with Crippen molar-refractivity contribution in [2.75, 3.05) is 6.54 Å². The Balaban J connectivity index is 2.26. The molecule has 0 aromatic carbocycles. The molecule has 5 heteroatoms. The van der Waals surface area contributed by atoms with Crippen molar-refractivity contribution >= 4 is 5.97 Å². The lowest BCUT2D eigenvalue weighted by Gasteiger charge is -2.28. The summed E-state index contributed by atoms with van der Waals surface area (Å²) in [6, 6.07) is -0.745. The predicted octanol–water partition coefficient (Wildman–Crippen LogP) is 1.09. The molecule has 2 atom stereocenters. The zero-order chi connectivity index (χ0) is 9.84. The molecule has 1 rings (SSSR count). The zero-order valence-corrected chi connectivity index (χ0v) is 7.17.